The lowest BCUT2D eigenvalue weighted by atomic mass is 10.1. The standard InChI is InChI=1S/C20H32N6O2S/c1-6-29(27,28)25(5)13-9-12-22-20(21-4)23-15-18-10-7-8-11-19(18)26-17(3)14-16(2)24-26/h7-8,10-11,14H,6,9,12-13,15H2,1-5H3,(H2,21,22,23). The fourth-order valence-electron chi connectivity index (χ4n) is 3.01. The second-order valence-corrected chi connectivity index (χ2v) is 9.26. The molecule has 0 aliphatic carbocycles. The Morgan fingerprint density at radius 2 is 1.97 bits per heavy atom. The van der Waals surface area contributed by atoms with Crippen LogP contribution in [0.2, 0.25) is 0 Å². The van der Waals surface area contributed by atoms with E-state index in [9.17, 15) is 8.42 Å². The molecule has 9 heteroatoms. The lowest BCUT2D eigenvalue weighted by molar-refractivity contribution is 0.461. The minimum Gasteiger partial charge on any atom is -0.356 e. The van der Waals surface area contributed by atoms with Crippen LogP contribution < -0.4 is 10.6 Å². The van der Waals surface area contributed by atoms with Crippen LogP contribution in [-0.4, -0.2) is 61.4 Å². The van der Waals surface area contributed by atoms with Gasteiger partial charge in [0.25, 0.3) is 0 Å². The number of aromatic nitrogens is 2. The van der Waals surface area contributed by atoms with E-state index in [1.165, 1.54) is 4.31 Å². The summed E-state index contributed by atoms with van der Waals surface area (Å²) < 4.78 is 26.9. The van der Waals surface area contributed by atoms with Crippen LogP contribution in [0, 0.1) is 13.8 Å². The maximum absolute atomic E-state index is 11.8. The Balaban J connectivity index is 1.91. The van der Waals surface area contributed by atoms with Gasteiger partial charge in [-0.1, -0.05) is 18.2 Å². The summed E-state index contributed by atoms with van der Waals surface area (Å²) in [6.07, 6.45) is 0.693. The zero-order chi connectivity index (χ0) is 21.4. The number of hydrogen-bond donors (Lipinski definition) is 2. The van der Waals surface area contributed by atoms with Gasteiger partial charge in [-0.3, -0.25) is 4.99 Å². The van der Waals surface area contributed by atoms with E-state index in [1.54, 1.807) is 21.0 Å². The maximum Gasteiger partial charge on any atom is 0.213 e. The molecule has 29 heavy (non-hydrogen) atoms. The first kappa shape index (κ1) is 22.9. The fraction of sp³-hybridized carbons (Fsp3) is 0.500. The van der Waals surface area contributed by atoms with Gasteiger partial charge in [-0.05, 0) is 44.9 Å². The van der Waals surface area contributed by atoms with Crippen molar-refractivity contribution in [1.82, 2.24) is 24.7 Å². The Kier molecular flexibility index (Phi) is 8.21. The van der Waals surface area contributed by atoms with Crippen molar-refractivity contribution >= 4 is 16.0 Å². The molecule has 0 amide bonds. The van der Waals surface area contributed by atoms with E-state index in [1.807, 2.05) is 30.7 Å². The number of nitrogens with zero attached hydrogens (tertiary/aromatic N) is 4. The normalized spacial score (nSPS) is 12.4. The number of rotatable bonds is 9. The predicted octanol–water partition coefficient (Wildman–Crippen LogP) is 1.83. The Bertz CT molecular complexity index is 936. The fourth-order valence-corrected chi connectivity index (χ4v) is 3.86. The third kappa shape index (κ3) is 6.30. The van der Waals surface area contributed by atoms with Gasteiger partial charge in [-0.2, -0.15) is 5.10 Å². The summed E-state index contributed by atoms with van der Waals surface area (Å²) in [6, 6.07) is 10.2. The number of nitrogens with one attached hydrogen (secondary N) is 2. The van der Waals surface area contributed by atoms with Crippen LogP contribution in [-0.2, 0) is 16.6 Å². The van der Waals surface area contributed by atoms with E-state index < -0.39 is 10.0 Å². The molecule has 0 saturated heterocycles. The van der Waals surface area contributed by atoms with Crippen molar-refractivity contribution < 1.29 is 8.42 Å². The number of para-hydroxylation sites is 1. The number of hydrogen-bond acceptors (Lipinski definition) is 4. The highest BCUT2D eigenvalue weighted by molar-refractivity contribution is 7.89. The summed E-state index contributed by atoms with van der Waals surface area (Å²) in [5, 5.41) is 11.1. The van der Waals surface area contributed by atoms with Crippen LogP contribution in [0.1, 0.15) is 30.3 Å². The van der Waals surface area contributed by atoms with E-state index in [0.717, 1.165) is 22.6 Å². The second kappa shape index (κ2) is 10.4. The molecule has 0 spiro atoms. The largest absolute Gasteiger partial charge is 0.356 e. The maximum atomic E-state index is 11.8. The van der Waals surface area contributed by atoms with Crippen LogP contribution in [0.25, 0.3) is 5.69 Å². The minimum atomic E-state index is -3.13. The highest BCUT2D eigenvalue weighted by Crippen LogP contribution is 2.16. The van der Waals surface area contributed by atoms with Crippen LogP contribution >= 0.6 is 0 Å². The molecule has 1 aromatic heterocycles. The van der Waals surface area contributed by atoms with Gasteiger partial charge in [-0.15, -0.1) is 0 Å². The summed E-state index contributed by atoms with van der Waals surface area (Å²) in [4.78, 5) is 4.25. The monoisotopic (exact) mass is 420 g/mol. The van der Waals surface area contributed by atoms with E-state index in [-0.39, 0.29) is 5.75 Å². The number of guanidine groups is 1. The first-order chi connectivity index (χ1) is 13.8. The average molecular weight is 421 g/mol. The van der Waals surface area contributed by atoms with Gasteiger partial charge >= 0.3 is 0 Å². The summed E-state index contributed by atoms with van der Waals surface area (Å²) in [5.41, 5.74) is 4.21. The first-order valence-electron chi connectivity index (χ1n) is 9.78. The van der Waals surface area contributed by atoms with Crippen molar-refractivity contribution in [1.29, 1.82) is 0 Å². The molecular weight excluding hydrogens is 388 g/mol. The van der Waals surface area contributed by atoms with Gasteiger partial charge in [0.1, 0.15) is 0 Å². The van der Waals surface area contributed by atoms with Crippen molar-refractivity contribution in [2.45, 2.75) is 33.7 Å². The van der Waals surface area contributed by atoms with E-state index in [0.29, 0.717) is 32.0 Å². The molecule has 2 N–H and O–H groups in total. The number of aryl methyl sites for hydroxylation is 2. The number of sulfonamides is 1. The molecule has 1 heterocycles. The Morgan fingerprint density at radius 3 is 2.59 bits per heavy atom. The van der Waals surface area contributed by atoms with Crippen molar-refractivity contribution in [2.24, 2.45) is 4.99 Å². The highest BCUT2D eigenvalue weighted by atomic mass is 32.2. The smallest absolute Gasteiger partial charge is 0.213 e. The lowest BCUT2D eigenvalue weighted by Gasteiger charge is -2.17. The molecule has 160 valence electrons. The van der Waals surface area contributed by atoms with Crippen LogP contribution in [0.5, 0.6) is 0 Å². The molecule has 0 aliphatic rings. The van der Waals surface area contributed by atoms with Gasteiger partial charge in [0.2, 0.25) is 10.0 Å². The molecule has 2 aromatic rings. The molecular formula is C20H32N6O2S. The van der Waals surface area contributed by atoms with Crippen molar-refractivity contribution in [3.63, 3.8) is 0 Å². The summed E-state index contributed by atoms with van der Waals surface area (Å²) in [7, 11) is 0.199. The lowest BCUT2D eigenvalue weighted by Crippen LogP contribution is -2.39. The van der Waals surface area contributed by atoms with E-state index >= 15 is 0 Å². The Hall–Kier alpha value is -2.39. The van der Waals surface area contributed by atoms with Crippen LogP contribution in [0.3, 0.4) is 0 Å². The molecule has 1 aromatic carbocycles. The van der Waals surface area contributed by atoms with Gasteiger partial charge in [0.15, 0.2) is 5.96 Å². The van der Waals surface area contributed by atoms with Crippen molar-refractivity contribution in [3.8, 4) is 5.69 Å². The zero-order valence-corrected chi connectivity index (χ0v) is 18.8. The third-order valence-electron chi connectivity index (χ3n) is 4.68. The topological polar surface area (TPSA) is 91.6 Å². The molecule has 0 fully saturated rings. The molecule has 0 atom stereocenters. The molecule has 0 bridgehead atoms. The molecule has 8 nitrogen and oxygen atoms in total. The number of benzene rings is 1. The first-order valence-corrected chi connectivity index (χ1v) is 11.4. The summed E-state index contributed by atoms with van der Waals surface area (Å²) in [5.74, 6) is 0.795. The van der Waals surface area contributed by atoms with Crippen LogP contribution in [0.4, 0.5) is 0 Å². The molecule has 2 rings (SSSR count). The molecule has 0 radical (unpaired) electrons. The van der Waals surface area contributed by atoms with Crippen LogP contribution in [0.15, 0.2) is 35.3 Å². The van der Waals surface area contributed by atoms with Crippen molar-refractivity contribution in [2.75, 3.05) is 32.9 Å². The molecule has 0 unspecified atom stereocenters. The summed E-state index contributed by atoms with van der Waals surface area (Å²) in [6.45, 7) is 7.38. The van der Waals surface area contributed by atoms with Gasteiger partial charge in [0.05, 0.1) is 17.1 Å². The Labute approximate surface area is 174 Å². The third-order valence-corrected chi connectivity index (χ3v) is 6.54. The molecule has 0 saturated carbocycles. The van der Waals surface area contributed by atoms with Crippen molar-refractivity contribution in [3.05, 3.63) is 47.3 Å². The van der Waals surface area contributed by atoms with E-state index in [2.05, 4.69) is 38.9 Å². The molecule has 0 aliphatic heterocycles. The van der Waals surface area contributed by atoms with E-state index in [4.69, 9.17) is 0 Å². The van der Waals surface area contributed by atoms with Gasteiger partial charge in [-0.25, -0.2) is 17.4 Å². The average Bonchev–Trinajstić information content (AvgIpc) is 3.05. The zero-order valence-electron chi connectivity index (χ0n) is 17.9. The predicted molar refractivity (Wildman–Crippen MR) is 118 cm³/mol. The quantitative estimate of drug-likeness (QED) is 0.367. The van der Waals surface area contributed by atoms with Gasteiger partial charge in [0, 0.05) is 39.4 Å². The minimum absolute atomic E-state index is 0.120. The van der Waals surface area contributed by atoms with Gasteiger partial charge < -0.3 is 10.6 Å². The number of aliphatic imine (C=N–C) groups is 1. The summed E-state index contributed by atoms with van der Waals surface area (Å²) >= 11 is 0. The SMILES string of the molecule is CCS(=O)(=O)N(C)CCCNC(=NC)NCc1ccccc1-n1nc(C)cc1C. The Morgan fingerprint density at radius 1 is 1.24 bits per heavy atom. The highest BCUT2D eigenvalue weighted by Gasteiger charge is 2.14. The second-order valence-electron chi connectivity index (χ2n) is 6.90.